The summed E-state index contributed by atoms with van der Waals surface area (Å²) >= 11 is 3.39. The number of ether oxygens (including phenoxy) is 1. The van der Waals surface area contributed by atoms with Crippen molar-refractivity contribution >= 4 is 23.1 Å². The Morgan fingerprint density at radius 1 is 1.24 bits per heavy atom. The second kappa shape index (κ2) is 7.17. The third-order valence-electron chi connectivity index (χ3n) is 4.24. The molecule has 25 heavy (non-hydrogen) atoms. The zero-order chi connectivity index (χ0) is 17.2. The van der Waals surface area contributed by atoms with E-state index in [2.05, 4.69) is 27.1 Å². The van der Waals surface area contributed by atoms with E-state index in [0.717, 1.165) is 45.3 Å². The van der Waals surface area contributed by atoms with Crippen LogP contribution >= 0.6 is 23.1 Å². The van der Waals surface area contributed by atoms with Crippen LogP contribution in [0.5, 0.6) is 5.75 Å². The van der Waals surface area contributed by atoms with Crippen molar-refractivity contribution in [3.63, 3.8) is 0 Å². The molecule has 0 atom stereocenters. The summed E-state index contributed by atoms with van der Waals surface area (Å²) < 4.78 is 7.46. The zero-order valence-electron chi connectivity index (χ0n) is 14.3. The molecule has 1 fully saturated rings. The SMILES string of the molecule is CCn1c(SCc2csc(-c3ccc(OC)cc3)n2)nnc1C1CC1. The Bertz CT molecular complexity index is 852. The lowest BCUT2D eigenvalue weighted by Gasteiger charge is -2.05. The molecule has 4 rings (SSSR count). The van der Waals surface area contributed by atoms with Gasteiger partial charge in [0.05, 0.1) is 12.8 Å². The lowest BCUT2D eigenvalue weighted by molar-refractivity contribution is 0.415. The number of nitrogens with zero attached hydrogens (tertiary/aromatic N) is 4. The smallest absolute Gasteiger partial charge is 0.191 e. The summed E-state index contributed by atoms with van der Waals surface area (Å²) in [6.45, 7) is 3.08. The summed E-state index contributed by atoms with van der Waals surface area (Å²) in [5.74, 6) is 3.46. The molecule has 2 heterocycles. The van der Waals surface area contributed by atoms with Gasteiger partial charge in [-0.2, -0.15) is 0 Å². The quantitative estimate of drug-likeness (QED) is 0.567. The highest BCUT2D eigenvalue weighted by atomic mass is 32.2. The topological polar surface area (TPSA) is 52.8 Å². The largest absolute Gasteiger partial charge is 0.497 e. The molecule has 2 aromatic heterocycles. The van der Waals surface area contributed by atoms with E-state index in [4.69, 9.17) is 9.72 Å². The number of thioether (sulfide) groups is 1. The fourth-order valence-corrected chi connectivity index (χ4v) is 4.56. The summed E-state index contributed by atoms with van der Waals surface area (Å²) in [6.07, 6.45) is 2.50. The van der Waals surface area contributed by atoms with Crippen molar-refractivity contribution in [2.24, 2.45) is 0 Å². The standard InChI is InChI=1S/C18H20N4OS2/c1-3-22-16(12-4-5-12)20-21-18(22)25-11-14-10-24-17(19-14)13-6-8-15(23-2)9-7-13/h6-10,12H,3-5,11H2,1-2H3. The van der Waals surface area contributed by atoms with E-state index in [0.29, 0.717) is 5.92 Å². The van der Waals surface area contributed by atoms with Gasteiger partial charge in [0.25, 0.3) is 0 Å². The number of methoxy groups -OCH3 is 1. The molecule has 0 radical (unpaired) electrons. The molecule has 1 aliphatic carbocycles. The minimum Gasteiger partial charge on any atom is -0.497 e. The van der Waals surface area contributed by atoms with E-state index in [-0.39, 0.29) is 0 Å². The van der Waals surface area contributed by atoms with E-state index in [1.54, 1.807) is 30.2 Å². The summed E-state index contributed by atoms with van der Waals surface area (Å²) in [4.78, 5) is 4.76. The summed E-state index contributed by atoms with van der Waals surface area (Å²) in [7, 11) is 1.68. The van der Waals surface area contributed by atoms with E-state index in [1.807, 2.05) is 24.3 Å². The zero-order valence-corrected chi connectivity index (χ0v) is 15.9. The van der Waals surface area contributed by atoms with Crippen molar-refractivity contribution in [3.8, 4) is 16.3 Å². The molecule has 0 saturated heterocycles. The Hall–Kier alpha value is -1.86. The van der Waals surface area contributed by atoms with Crippen molar-refractivity contribution in [1.29, 1.82) is 0 Å². The molecule has 1 aromatic carbocycles. The van der Waals surface area contributed by atoms with Crippen LogP contribution in [0.25, 0.3) is 10.6 Å². The molecule has 0 spiro atoms. The predicted molar refractivity (Wildman–Crippen MR) is 101 cm³/mol. The molecule has 130 valence electrons. The first-order valence-corrected chi connectivity index (χ1v) is 10.3. The average molecular weight is 373 g/mol. The number of benzene rings is 1. The van der Waals surface area contributed by atoms with Crippen LogP contribution in [0.4, 0.5) is 0 Å². The number of rotatable bonds is 7. The number of thiazole rings is 1. The molecular formula is C18H20N4OS2. The van der Waals surface area contributed by atoms with Gasteiger partial charge in [0.2, 0.25) is 0 Å². The Morgan fingerprint density at radius 2 is 2.04 bits per heavy atom. The predicted octanol–water partition coefficient (Wildman–Crippen LogP) is 4.60. The van der Waals surface area contributed by atoms with Gasteiger partial charge in [-0.1, -0.05) is 11.8 Å². The van der Waals surface area contributed by atoms with Crippen molar-refractivity contribution in [2.45, 2.75) is 43.1 Å². The van der Waals surface area contributed by atoms with Crippen molar-refractivity contribution in [3.05, 3.63) is 41.2 Å². The van der Waals surface area contributed by atoms with Crippen LogP contribution in [0.2, 0.25) is 0 Å². The lowest BCUT2D eigenvalue weighted by Crippen LogP contribution is -2.02. The Labute approximate surface area is 155 Å². The van der Waals surface area contributed by atoms with Gasteiger partial charge >= 0.3 is 0 Å². The first-order valence-electron chi connectivity index (χ1n) is 8.43. The van der Waals surface area contributed by atoms with Gasteiger partial charge in [-0.15, -0.1) is 21.5 Å². The highest BCUT2D eigenvalue weighted by Gasteiger charge is 2.29. The maximum absolute atomic E-state index is 5.21. The minimum atomic E-state index is 0.628. The Kier molecular flexibility index (Phi) is 4.76. The third-order valence-corrected chi connectivity index (χ3v) is 6.18. The molecule has 3 aromatic rings. The maximum atomic E-state index is 5.21. The van der Waals surface area contributed by atoms with Gasteiger partial charge < -0.3 is 9.30 Å². The lowest BCUT2D eigenvalue weighted by atomic mass is 10.2. The fraction of sp³-hybridized carbons (Fsp3) is 0.389. The van der Waals surface area contributed by atoms with E-state index < -0.39 is 0 Å². The fourth-order valence-electron chi connectivity index (χ4n) is 2.73. The van der Waals surface area contributed by atoms with Crippen LogP contribution in [0.3, 0.4) is 0 Å². The van der Waals surface area contributed by atoms with Crippen LogP contribution < -0.4 is 4.74 Å². The summed E-state index contributed by atoms with van der Waals surface area (Å²) in [5, 5.41) is 12.9. The monoisotopic (exact) mass is 372 g/mol. The molecule has 0 aliphatic heterocycles. The molecule has 5 nitrogen and oxygen atoms in total. The van der Waals surface area contributed by atoms with Gasteiger partial charge in [0.15, 0.2) is 5.16 Å². The normalized spacial score (nSPS) is 14.0. The number of hydrogen-bond acceptors (Lipinski definition) is 6. The van der Waals surface area contributed by atoms with E-state index in [9.17, 15) is 0 Å². The molecular weight excluding hydrogens is 352 g/mol. The van der Waals surface area contributed by atoms with Crippen molar-refractivity contribution in [1.82, 2.24) is 19.7 Å². The molecule has 0 N–H and O–H groups in total. The second-order valence-corrected chi connectivity index (χ2v) is 7.82. The van der Waals surface area contributed by atoms with Gasteiger partial charge in [-0.3, -0.25) is 0 Å². The van der Waals surface area contributed by atoms with Crippen molar-refractivity contribution in [2.75, 3.05) is 7.11 Å². The van der Waals surface area contributed by atoms with Crippen molar-refractivity contribution < 1.29 is 4.74 Å². The first-order chi connectivity index (χ1) is 12.3. The van der Waals surface area contributed by atoms with Gasteiger partial charge in [0, 0.05) is 29.2 Å². The van der Waals surface area contributed by atoms with E-state index in [1.165, 1.54) is 12.8 Å². The third kappa shape index (κ3) is 3.57. The summed E-state index contributed by atoms with van der Waals surface area (Å²) in [6, 6.07) is 8.02. The van der Waals surface area contributed by atoms with E-state index >= 15 is 0 Å². The van der Waals surface area contributed by atoms with Crippen LogP contribution in [0.15, 0.2) is 34.8 Å². The molecule has 7 heteroatoms. The minimum absolute atomic E-state index is 0.628. The Balaban J connectivity index is 1.44. The van der Waals surface area contributed by atoms with Gasteiger partial charge in [0.1, 0.15) is 16.6 Å². The molecule has 0 unspecified atom stereocenters. The molecule has 1 saturated carbocycles. The van der Waals surface area contributed by atoms with Gasteiger partial charge in [-0.25, -0.2) is 4.98 Å². The first kappa shape index (κ1) is 16.6. The van der Waals surface area contributed by atoms with Gasteiger partial charge in [-0.05, 0) is 44.0 Å². The van der Waals surface area contributed by atoms with Crippen LogP contribution in [0, 0.1) is 0 Å². The highest BCUT2D eigenvalue weighted by molar-refractivity contribution is 7.98. The van der Waals surface area contributed by atoms with Crippen LogP contribution in [-0.2, 0) is 12.3 Å². The van der Waals surface area contributed by atoms with Crippen LogP contribution in [0.1, 0.15) is 37.2 Å². The Morgan fingerprint density at radius 3 is 2.72 bits per heavy atom. The molecule has 1 aliphatic rings. The molecule has 0 amide bonds. The van der Waals surface area contributed by atoms with Crippen LogP contribution in [-0.4, -0.2) is 26.9 Å². The average Bonchev–Trinajstić information content (AvgIpc) is 3.24. The summed E-state index contributed by atoms with van der Waals surface area (Å²) in [5.41, 5.74) is 2.20. The second-order valence-electron chi connectivity index (χ2n) is 6.02. The number of aromatic nitrogens is 4. The highest BCUT2D eigenvalue weighted by Crippen LogP contribution is 2.40. The maximum Gasteiger partial charge on any atom is 0.191 e. The molecule has 0 bridgehead atoms. The number of hydrogen-bond donors (Lipinski definition) is 0.